The fourth-order valence-corrected chi connectivity index (χ4v) is 3.72. The lowest BCUT2D eigenvalue weighted by Crippen LogP contribution is -2.33. The van der Waals surface area contributed by atoms with Gasteiger partial charge in [0.15, 0.2) is 0 Å². The third-order valence-corrected chi connectivity index (χ3v) is 5.01. The Balaban J connectivity index is 1.66. The van der Waals surface area contributed by atoms with Gasteiger partial charge in [-0.3, -0.25) is 9.58 Å². The summed E-state index contributed by atoms with van der Waals surface area (Å²) in [5, 5.41) is 7.93. The van der Waals surface area contributed by atoms with Crippen LogP contribution in [0.25, 0.3) is 0 Å². The lowest BCUT2D eigenvalue weighted by Gasteiger charge is -2.31. The van der Waals surface area contributed by atoms with Gasteiger partial charge in [-0.1, -0.05) is 0 Å². The number of rotatable bonds is 4. The van der Waals surface area contributed by atoms with Crippen molar-refractivity contribution in [3.8, 4) is 0 Å². The topological polar surface area (TPSA) is 34.0 Å². The van der Waals surface area contributed by atoms with Crippen molar-refractivity contribution in [3.63, 3.8) is 0 Å². The van der Waals surface area contributed by atoms with Crippen molar-refractivity contribution in [2.75, 3.05) is 13.1 Å². The van der Waals surface area contributed by atoms with Crippen molar-refractivity contribution < 1.29 is 0 Å². The van der Waals surface area contributed by atoms with E-state index in [2.05, 4.69) is 40.4 Å². The highest BCUT2D eigenvalue weighted by Gasteiger charge is 2.23. The first-order valence-corrected chi connectivity index (χ1v) is 8.29. The third kappa shape index (κ3) is 2.94. The Morgan fingerprint density at radius 2 is 2.35 bits per heavy atom. The van der Waals surface area contributed by atoms with Crippen molar-refractivity contribution in [1.29, 1.82) is 0 Å². The Kier molecular flexibility index (Phi) is 4.17. The average Bonchev–Trinajstić information content (AvgIpc) is 3.10. The number of piperidine rings is 1. The SMILES string of the molecule is CCn1cc(CN2CCC[C@H](c3nccs3)C2)c(C)n1. The van der Waals surface area contributed by atoms with Gasteiger partial charge in [-0.25, -0.2) is 4.98 Å². The predicted octanol–water partition coefficient (Wildman–Crippen LogP) is 3.05. The van der Waals surface area contributed by atoms with E-state index in [1.165, 1.54) is 35.7 Å². The number of hydrogen-bond donors (Lipinski definition) is 0. The summed E-state index contributed by atoms with van der Waals surface area (Å²) < 4.78 is 2.03. The second-order valence-corrected chi connectivity index (χ2v) is 6.47. The maximum Gasteiger partial charge on any atom is 0.0968 e. The molecule has 1 saturated heterocycles. The number of aryl methyl sites for hydroxylation is 2. The molecule has 108 valence electrons. The molecule has 0 bridgehead atoms. The molecule has 0 aliphatic carbocycles. The summed E-state index contributed by atoms with van der Waals surface area (Å²) in [6.45, 7) is 8.54. The number of likely N-dealkylation sites (tertiary alicyclic amines) is 1. The quantitative estimate of drug-likeness (QED) is 0.868. The van der Waals surface area contributed by atoms with Crippen LogP contribution >= 0.6 is 11.3 Å². The molecule has 5 heteroatoms. The molecule has 1 atom stereocenters. The normalized spacial score (nSPS) is 20.4. The van der Waals surface area contributed by atoms with Crippen LogP contribution < -0.4 is 0 Å². The summed E-state index contributed by atoms with van der Waals surface area (Å²) in [5.41, 5.74) is 2.54. The molecule has 0 aromatic carbocycles. The van der Waals surface area contributed by atoms with Crippen LogP contribution in [0.5, 0.6) is 0 Å². The van der Waals surface area contributed by atoms with E-state index in [0.29, 0.717) is 5.92 Å². The molecule has 1 aliphatic heterocycles. The third-order valence-electron chi connectivity index (χ3n) is 4.07. The zero-order valence-corrected chi connectivity index (χ0v) is 13.1. The van der Waals surface area contributed by atoms with Crippen molar-refractivity contribution in [1.82, 2.24) is 19.7 Å². The molecule has 3 heterocycles. The van der Waals surface area contributed by atoms with E-state index in [4.69, 9.17) is 0 Å². The van der Waals surface area contributed by atoms with Gasteiger partial charge in [-0.15, -0.1) is 11.3 Å². The first kappa shape index (κ1) is 13.8. The number of hydrogen-bond acceptors (Lipinski definition) is 4. The molecule has 0 unspecified atom stereocenters. The van der Waals surface area contributed by atoms with Crippen LogP contribution in [0.15, 0.2) is 17.8 Å². The molecule has 20 heavy (non-hydrogen) atoms. The Morgan fingerprint density at radius 1 is 1.45 bits per heavy atom. The molecule has 2 aromatic heterocycles. The van der Waals surface area contributed by atoms with Crippen LogP contribution in [-0.2, 0) is 13.1 Å². The standard InChI is InChI=1S/C15H22N4S/c1-3-19-11-14(12(2)17-19)10-18-7-4-5-13(9-18)15-16-6-8-20-15/h6,8,11,13H,3-5,7,9-10H2,1-2H3/t13-/m0/s1. The number of nitrogens with zero attached hydrogens (tertiary/aromatic N) is 4. The monoisotopic (exact) mass is 290 g/mol. The summed E-state index contributed by atoms with van der Waals surface area (Å²) >= 11 is 1.79. The van der Waals surface area contributed by atoms with Gasteiger partial charge in [-0.2, -0.15) is 5.10 Å². The van der Waals surface area contributed by atoms with Gasteiger partial charge in [0.25, 0.3) is 0 Å². The second kappa shape index (κ2) is 6.06. The summed E-state index contributed by atoms with van der Waals surface area (Å²) in [6.07, 6.45) is 6.67. The van der Waals surface area contributed by atoms with E-state index < -0.39 is 0 Å². The smallest absolute Gasteiger partial charge is 0.0968 e. The Labute approximate surface area is 124 Å². The highest BCUT2D eigenvalue weighted by molar-refractivity contribution is 7.09. The maximum atomic E-state index is 4.54. The van der Waals surface area contributed by atoms with Gasteiger partial charge in [0, 0.05) is 48.9 Å². The molecule has 0 N–H and O–H groups in total. The minimum atomic E-state index is 0.616. The molecule has 1 aliphatic rings. The minimum absolute atomic E-state index is 0.616. The van der Waals surface area contributed by atoms with Crippen molar-refractivity contribution in [3.05, 3.63) is 34.0 Å². The van der Waals surface area contributed by atoms with Crippen molar-refractivity contribution >= 4 is 11.3 Å². The van der Waals surface area contributed by atoms with Crippen LogP contribution in [0, 0.1) is 6.92 Å². The molecule has 1 fully saturated rings. The van der Waals surface area contributed by atoms with Gasteiger partial charge in [0.1, 0.15) is 0 Å². The van der Waals surface area contributed by atoms with E-state index in [1.807, 2.05) is 10.9 Å². The summed E-state index contributed by atoms with van der Waals surface area (Å²) in [7, 11) is 0. The molecule has 0 radical (unpaired) electrons. The van der Waals surface area contributed by atoms with Crippen LogP contribution in [-0.4, -0.2) is 32.8 Å². The second-order valence-electron chi connectivity index (χ2n) is 5.54. The van der Waals surface area contributed by atoms with Gasteiger partial charge in [0.05, 0.1) is 10.7 Å². The molecular formula is C15H22N4S. The molecule has 4 nitrogen and oxygen atoms in total. The van der Waals surface area contributed by atoms with E-state index in [1.54, 1.807) is 11.3 Å². The number of aromatic nitrogens is 3. The Morgan fingerprint density at radius 3 is 3.05 bits per heavy atom. The van der Waals surface area contributed by atoms with Crippen LogP contribution in [0.4, 0.5) is 0 Å². The van der Waals surface area contributed by atoms with Gasteiger partial charge < -0.3 is 0 Å². The molecule has 0 amide bonds. The van der Waals surface area contributed by atoms with Gasteiger partial charge in [0.2, 0.25) is 0 Å². The van der Waals surface area contributed by atoms with E-state index in [-0.39, 0.29) is 0 Å². The highest BCUT2D eigenvalue weighted by Crippen LogP contribution is 2.29. The first-order chi connectivity index (χ1) is 9.76. The molecule has 2 aromatic rings. The summed E-state index contributed by atoms with van der Waals surface area (Å²) in [4.78, 5) is 7.05. The maximum absolute atomic E-state index is 4.54. The number of thiazole rings is 1. The van der Waals surface area contributed by atoms with E-state index >= 15 is 0 Å². The Hall–Kier alpha value is -1.20. The molecule has 3 rings (SSSR count). The zero-order chi connectivity index (χ0) is 13.9. The summed E-state index contributed by atoms with van der Waals surface area (Å²) in [5.74, 6) is 0.616. The highest BCUT2D eigenvalue weighted by atomic mass is 32.1. The molecule has 0 spiro atoms. The summed E-state index contributed by atoms with van der Waals surface area (Å²) in [6, 6.07) is 0. The predicted molar refractivity (Wildman–Crippen MR) is 82.0 cm³/mol. The lowest BCUT2D eigenvalue weighted by molar-refractivity contribution is 0.199. The minimum Gasteiger partial charge on any atom is -0.298 e. The lowest BCUT2D eigenvalue weighted by atomic mass is 9.98. The van der Waals surface area contributed by atoms with Crippen LogP contribution in [0.1, 0.15) is 41.9 Å². The molecule has 0 saturated carbocycles. The largest absolute Gasteiger partial charge is 0.298 e. The van der Waals surface area contributed by atoms with E-state index in [0.717, 1.165) is 19.6 Å². The first-order valence-electron chi connectivity index (χ1n) is 7.41. The van der Waals surface area contributed by atoms with Crippen LogP contribution in [0.2, 0.25) is 0 Å². The zero-order valence-electron chi connectivity index (χ0n) is 12.2. The van der Waals surface area contributed by atoms with Crippen molar-refractivity contribution in [2.45, 2.75) is 45.7 Å². The average molecular weight is 290 g/mol. The molecular weight excluding hydrogens is 268 g/mol. The fraction of sp³-hybridized carbons (Fsp3) is 0.600. The van der Waals surface area contributed by atoms with Crippen LogP contribution in [0.3, 0.4) is 0 Å². The fourth-order valence-electron chi connectivity index (χ4n) is 2.95. The van der Waals surface area contributed by atoms with Gasteiger partial charge >= 0.3 is 0 Å². The van der Waals surface area contributed by atoms with Gasteiger partial charge in [-0.05, 0) is 33.2 Å². The van der Waals surface area contributed by atoms with E-state index in [9.17, 15) is 0 Å². The Bertz CT molecular complexity index is 546. The van der Waals surface area contributed by atoms with Crippen molar-refractivity contribution in [2.24, 2.45) is 0 Å².